The molecule has 0 unspecified atom stereocenters. The first-order valence-electron chi connectivity index (χ1n) is 5.16. The Balaban J connectivity index is 2.41. The Kier molecular flexibility index (Phi) is 2.97. The number of para-hydroxylation sites is 1. The van der Waals surface area contributed by atoms with Crippen LogP contribution in [0.25, 0.3) is 0 Å². The third-order valence-electron chi connectivity index (χ3n) is 2.70. The van der Waals surface area contributed by atoms with E-state index < -0.39 is 6.10 Å². The minimum Gasteiger partial charge on any atom is -0.496 e. The van der Waals surface area contributed by atoms with E-state index in [9.17, 15) is 5.11 Å². The Bertz CT molecular complexity index is 476. The third-order valence-corrected chi connectivity index (χ3v) is 2.70. The number of hydrogen-bond donors (Lipinski definition) is 1. The lowest BCUT2D eigenvalue weighted by Gasteiger charge is -2.15. The Morgan fingerprint density at radius 3 is 2.56 bits per heavy atom. The van der Waals surface area contributed by atoms with Gasteiger partial charge in [0.15, 0.2) is 0 Å². The smallest absolute Gasteiger partial charge is 0.125 e. The Hall–Kier alpha value is -1.74. The molecule has 0 amide bonds. The summed E-state index contributed by atoms with van der Waals surface area (Å²) < 4.78 is 7.14. The van der Waals surface area contributed by atoms with Crippen LogP contribution in [-0.4, -0.2) is 16.8 Å². The topological polar surface area (TPSA) is 34.4 Å². The number of aromatic nitrogens is 1. The highest BCUT2D eigenvalue weighted by Crippen LogP contribution is 2.29. The summed E-state index contributed by atoms with van der Waals surface area (Å²) in [4.78, 5) is 0. The number of aryl methyl sites for hydroxylation is 1. The van der Waals surface area contributed by atoms with E-state index in [1.807, 2.05) is 54.2 Å². The molecule has 2 aromatic rings. The molecule has 0 spiro atoms. The molecule has 3 nitrogen and oxygen atoms in total. The van der Waals surface area contributed by atoms with Crippen molar-refractivity contribution in [2.45, 2.75) is 6.10 Å². The molecule has 1 aromatic heterocycles. The van der Waals surface area contributed by atoms with Crippen molar-refractivity contribution in [3.05, 3.63) is 53.9 Å². The Labute approximate surface area is 94.9 Å². The minimum atomic E-state index is -0.656. The zero-order chi connectivity index (χ0) is 11.5. The van der Waals surface area contributed by atoms with Gasteiger partial charge < -0.3 is 14.4 Å². The average Bonchev–Trinajstić information content (AvgIpc) is 2.74. The van der Waals surface area contributed by atoms with E-state index in [-0.39, 0.29) is 0 Å². The van der Waals surface area contributed by atoms with Crippen LogP contribution in [0.5, 0.6) is 5.75 Å². The normalized spacial score (nSPS) is 12.4. The van der Waals surface area contributed by atoms with Gasteiger partial charge in [-0.2, -0.15) is 0 Å². The van der Waals surface area contributed by atoms with Crippen molar-refractivity contribution in [2.24, 2.45) is 7.05 Å². The van der Waals surface area contributed by atoms with Crippen LogP contribution in [0, 0.1) is 0 Å². The van der Waals surface area contributed by atoms with Crippen LogP contribution in [0.4, 0.5) is 0 Å². The van der Waals surface area contributed by atoms with Gasteiger partial charge in [0.05, 0.1) is 12.8 Å². The molecule has 0 bridgehead atoms. The zero-order valence-electron chi connectivity index (χ0n) is 9.42. The van der Waals surface area contributed by atoms with Gasteiger partial charge in [-0.1, -0.05) is 18.2 Å². The molecule has 1 N–H and O–H groups in total. The molecule has 0 saturated heterocycles. The number of aliphatic hydroxyl groups excluding tert-OH is 1. The molecule has 84 valence electrons. The number of hydrogen-bond acceptors (Lipinski definition) is 2. The number of benzene rings is 1. The van der Waals surface area contributed by atoms with Gasteiger partial charge >= 0.3 is 0 Å². The second kappa shape index (κ2) is 4.41. The average molecular weight is 217 g/mol. The fourth-order valence-corrected chi connectivity index (χ4v) is 1.81. The number of rotatable bonds is 3. The van der Waals surface area contributed by atoms with E-state index >= 15 is 0 Å². The highest BCUT2D eigenvalue weighted by molar-refractivity contribution is 5.38. The lowest BCUT2D eigenvalue weighted by molar-refractivity contribution is 0.206. The maximum atomic E-state index is 10.3. The second-order valence-electron chi connectivity index (χ2n) is 3.69. The van der Waals surface area contributed by atoms with Gasteiger partial charge in [0, 0.05) is 18.8 Å². The summed E-state index contributed by atoms with van der Waals surface area (Å²) in [6.45, 7) is 0. The predicted molar refractivity (Wildman–Crippen MR) is 62.5 cm³/mol. The maximum absolute atomic E-state index is 10.3. The summed E-state index contributed by atoms with van der Waals surface area (Å²) >= 11 is 0. The lowest BCUT2D eigenvalue weighted by atomic mass is 10.1. The van der Waals surface area contributed by atoms with Crippen LogP contribution < -0.4 is 4.74 Å². The number of methoxy groups -OCH3 is 1. The van der Waals surface area contributed by atoms with Crippen molar-refractivity contribution < 1.29 is 9.84 Å². The van der Waals surface area contributed by atoms with Crippen molar-refractivity contribution in [1.29, 1.82) is 0 Å². The van der Waals surface area contributed by atoms with Gasteiger partial charge in [-0.05, 0) is 18.2 Å². The van der Waals surface area contributed by atoms with E-state index in [0.717, 1.165) is 11.3 Å². The molecular formula is C13H15NO2. The summed E-state index contributed by atoms with van der Waals surface area (Å²) in [5.41, 5.74) is 1.64. The predicted octanol–water partition coefficient (Wildman–Crippen LogP) is 2.12. The van der Waals surface area contributed by atoms with Gasteiger partial charge in [-0.3, -0.25) is 0 Å². The first-order chi connectivity index (χ1) is 7.74. The molecule has 0 fully saturated rings. The summed E-state index contributed by atoms with van der Waals surface area (Å²) in [5.74, 6) is 0.705. The first-order valence-corrected chi connectivity index (χ1v) is 5.16. The van der Waals surface area contributed by atoms with Crippen LogP contribution in [-0.2, 0) is 7.05 Å². The molecule has 0 aliphatic heterocycles. The van der Waals surface area contributed by atoms with Gasteiger partial charge in [0.2, 0.25) is 0 Å². The first kappa shape index (κ1) is 10.8. The summed E-state index contributed by atoms with van der Waals surface area (Å²) in [7, 11) is 3.52. The molecule has 16 heavy (non-hydrogen) atoms. The number of ether oxygens (including phenoxy) is 1. The Morgan fingerprint density at radius 1 is 1.19 bits per heavy atom. The van der Waals surface area contributed by atoms with Gasteiger partial charge in [0.25, 0.3) is 0 Å². The molecule has 1 heterocycles. The van der Waals surface area contributed by atoms with Crippen LogP contribution in [0.2, 0.25) is 0 Å². The van der Waals surface area contributed by atoms with Crippen molar-refractivity contribution in [3.63, 3.8) is 0 Å². The van der Waals surface area contributed by atoms with Gasteiger partial charge in [-0.15, -0.1) is 0 Å². The van der Waals surface area contributed by atoms with Gasteiger partial charge in [-0.25, -0.2) is 0 Å². The third kappa shape index (κ3) is 1.82. The molecule has 0 radical (unpaired) electrons. The molecule has 2 rings (SSSR count). The monoisotopic (exact) mass is 217 g/mol. The second-order valence-corrected chi connectivity index (χ2v) is 3.69. The van der Waals surface area contributed by atoms with Crippen molar-refractivity contribution in [1.82, 2.24) is 4.57 Å². The maximum Gasteiger partial charge on any atom is 0.125 e. The quantitative estimate of drug-likeness (QED) is 0.854. The van der Waals surface area contributed by atoms with E-state index in [1.54, 1.807) is 7.11 Å². The standard InChI is InChI=1S/C13H15NO2/c1-14-9-5-7-11(14)13(15)10-6-3-4-8-12(10)16-2/h3-9,13,15H,1-2H3/t13-/m1/s1. The lowest BCUT2D eigenvalue weighted by Crippen LogP contribution is -2.06. The highest BCUT2D eigenvalue weighted by Gasteiger charge is 2.16. The summed E-state index contributed by atoms with van der Waals surface area (Å²) in [5, 5.41) is 10.3. The highest BCUT2D eigenvalue weighted by atomic mass is 16.5. The van der Waals surface area contributed by atoms with E-state index in [0.29, 0.717) is 5.75 Å². The Morgan fingerprint density at radius 2 is 1.94 bits per heavy atom. The van der Waals surface area contributed by atoms with Crippen LogP contribution in [0.1, 0.15) is 17.4 Å². The van der Waals surface area contributed by atoms with E-state index in [2.05, 4.69) is 0 Å². The minimum absolute atomic E-state index is 0.656. The molecular weight excluding hydrogens is 202 g/mol. The summed E-state index contributed by atoms with van der Waals surface area (Å²) in [6.07, 6.45) is 1.25. The zero-order valence-corrected chi connectivity index (χ0v) is 9.42. The molecule has 0 aliphatic carbocycles. The number of nitrogens with zero attached hydrogens (tertiary/aromatic N) is 1. The molecule has 3 heteroatoms. The van der Waals surface area contributed by atoms with Crippen molar-refractivity contribution in [2.75, 3.05) is 7.11 Å². The number of aliphatic hydroxyl groups is 1. The van der Waals surface area contributed by atoms with Crippen molar-refractivity contribution >= 4 is 0 Å². The molecule has 0 saturated carbocycles. The SMILES string of the molecule is COc1ccccc1[C@@H](O)c1cccn1C. The van der Waals surface area contributed by atoms with Crippen LogP contribution >= 0.6 is 0 Å². The molecule has 1 aromatic carbocycles. The van der Waals surface area contributed by atoms with Crippen molar-refractivity contribution in [3.8, 4) is 5.75 Å². The fourth-order valence-electron chi connectivity index (χ4n) is 1.81. The van der Waals surface area contributed by atoms with Crippen LogP contribution in [0.3, 0.4) is 0 Å². The van der Waals surface area contributed by atoms with Crippen LogP contribution in [0.15, 0.2) is 42.6 Å². The fraction of sp³-hybridized carbons (Fsp3) is 0.231. The molecule has 1 atom stereocenters. The molecule has 0 aliphatic rings. The van der Waals surface area contributed by atoms with E-state index in [1.165, 1.54) is 0 Å². The van der Waals surface area contributed by atoms with Gasteiger partial charge in [0.1, 0.15) is 11.9 Å². The van der Waals surface area contributed by atoms with E-state index in [4.69, 9.17) is 4.74 Å². The largest absolute Gasteiger partial charge is 0.496 e. The summed E-state index contributed by atoms with van der Waals surface area (Å²) in [6, 6.07) is 11.3.